The monoisotopic (exact) mass is 597 g/mol. The van der Waals surface area contributed by atoms with Crippen LogP contribution in [-0.4, -0.2) is 52.0 Å². The molecular weight excluding hydrogens is 549 g/mol. The van der Waals surface area contributed by atoms with Crippen molar-refractivity contribution < 1.29 is 19.0 Å². The van der Waals surface area contributed by atoms with Gasteiger partial charge in [-0.2, -0.15) is 0 Å². The number of thioether (sulfide) groups is 2. The van der Waals surface area contributed by atoms with E-state index in [9.17, 15) is 9.59 Å². The zero-order valence-corrected chi connectivity index (χ0v) is 26.7. The third-order valence-corrected chi connectivity index (χ3v) is 13.1. The van der Waals surface area contributed by atoms with Crippen molar-refractivity contribution in [1.82, 2.24) is 4.90 Å². The Morgan fingerprint density at radius 2 is 1.66 bits per heavy atom. The fourth-order valence-electron chi connectivity index (χ4n) is 7.44. The predicted molar refractivity (Wildman–Crippen MR) is 172 cm³/mol. The van der Waals surface area contributed by atoms with Gasteiger partial charge in [0.1, 0.15) is 6.61 Å². The predicted octanol–water partition coefficient (Wildman–Crippen LogP) is 8.75. The van der Waals surface area contributed by atoms with Crippen molar-refractivity contribution in [3.05, 3.63) is 47.7 Å². The standard InChI is InChI=1S/C33H48BNO4S2/c1-3-30(39-34(26-15-9-5-10-16-26)27-17-11-6-12-18-27)29(19-20-33(2)40-21-22-41-33)31(36)35-28(24-38-32(35)37)23-25-13-7-4-8-14-25/h3-4,7-8,13-14,26-29H,5-6,9-12,15-24H2,1-2H3/b30-3+/t28-,29+/m0/s1. The lowest BCUT2D eigenvalue weighted by atomic mass is 9.41. The van der Waals surface area contributed by atoms with Crippen LogP contribution in [0.15, 0.2) is 42.2 Å². The molecule has 2 atom stereocenters. The Kier molecular flexibility index (Phi) is 11.1. The van der Waals surface area contributed by atoms with Crippen molar-refractivity contribution in [2.75, 3.05) is 18.1 Å². The molecule has 1 aromatic rings. The van der Waals surface area contributed by atoms with E-state index in [0.717, 1.165) is 29.2 Å². The fraction of sp³-hybridized carbons (Fsp3) is 0.697. The number of cyclic esters (lactones) is 1. The normalized spacial score (nSPS) is 24.7. The van der Waals surface area contributed by atoms with Crippen molar-refractivity contribution in [2.24, 2.45) is 5.92 Å². The van der Waals surface area contributed by atoms with Crippen LogP contribution >= 0.6 is 23.5 Å². The summed E-state index contributed by atoms with van der Waals surface area (Å²) in [4.78, 5) is 29.0. The van der Waals surface area contributed by atoms with E-state index in [1.54, 1.807) is 0 Å². The van der Waals surface area contributed by atoms with Crippen LogP contribution in [0, 0.1) is 5.92 Å². The number of amides is 2. The van der Waals surface area contributed by atoms with Crippen LogP contribution in [0.4, 0.5) is 4.79 Å². The largest absolute Gasteiger partial charge is 0.563 e. The van der Waals surface area contributed by atoms with E-state index in [1.165, 1.54) is 69.1 Å². The summed E-state index contributed by atoms with van der Waals surface area (Å²) in [5.41, 5.74) is 1.11. The summed E-state index contributed by atoms with van der Waals surface area (Å²) < 4.78 is 12.7. The van der Waals surface area contributed by atoms with E-state index in [0.29, 0.717) is 24.5 Å². The summed E-state index contributed by atoms with van der Waals surface area (Å²) >= 11 is 4.00. The molecule has 8 heteroatoms. The molecule has 1 aromatic carbocycles. The first-order valence-electron chi connectivity index (χ1n) is 16.1. The summed E-state index contributed by atoms with van der Waals surface area (Å²) in [7, 11) is 0. The lowest BCUT2D eigenvalue weighted by Gasteiger charge is -2.37. The number of allylic oxidation sites excluding steroid dienone is 1. The molecular formula is C33H48BNO4S2. The highest BCUT2D eigenvalue weighted by Gasteiger charge is 2.45. The van der Waals surface area contributed by atoms with Crippen molar-refractivity contribution in [1.29, 1.82) is 0 Å². The molecule has 2 heterocycles. The molecule has 0 spiro atoms. The van der Waals surface area contributed by atoms with Crippen molar-refractivity contribution in [3.63, 3.8) is 0 Å². The smallest absolute Gasteiger partial charge is 0.417 e. The molecule has 0 bridgehead atoms. The van der Waals surface area contributed by atoms with Gasteiger partial charge in [-0.15, -0.1) is 23.5 Å². The maximum atomic E-state index is 14.5. The Morgan fingerprint density at radius 3 is 2.24 bits per heavy atom. The molecule has 4 fully saturated rings. The number of ether oxygens (including phenoxy) is 1. The first-order valence-corrected chi connectivity index (χ1v) is 18.1. The van der Waals surface area contributed by atoms with Gasteiger partial charge in [-0.3, -0.25) is 4.79 Å². The van der Waals surface area contributed by atoms with E-state index in [2.05, 4.69) is 19.1 Å². The summed E-state index contributed by atoms with van der Waals surface area (Å²) in [6.07, 6.45) is 16.3. The highest BCUT2D eigenvalue weighted by Crippen LogP contribution is 2.48. The lowest BCUT2D eigenvalue weighted by molar-refractivity contribution is -0.133. The Balaban J connectivity index is 1.40. The van der Waals surface area contributed by atoms with Gasteiger partial charge in [-0.25, -0.2) is 9.69 Å². The summed E-state index contributed by atoms with van der Waals surface area (Å²) in [6.45, 7) is 4.73. The number of rotatable bonds is 11. The van der Waals surface area contributed by atoms with Crippen LogP contribution in [0.25, 0.3) is 0 Å². The molecule has 4 aliphatic rings. The van der Waals surface area contributed by atoms with E-state index in [4.69, 9.17) is 9.39 Å². The highest BCUT2D eigenvalue weighted by atomic mass is 32.2. The molecule has 41 heavy (non-hydrogen) atoms. The molecule has 0 radical (unpaired) electrons. The average Bonchev–Trinajstić information content (AvgIpc) is 3.61. The SMILES string of the molecule is C/C=C(/OB(C1CCCCC1)C1CCCCC1)[C@@H](CCC1(C)SCCS1)C(=O)N1C(=O)OC[C@@H]1Cc1ccccc1. The average molecular weight is 598 g/mol. The van der Waals surface area contributed by atoms with Gasteiger partial charge in [0.25, 0.3) is 0 Å². The zero-order valence-electron chi connectivity index (χ0n) is 25.1. The van der Waals surface area contributed by atoms with E-state index >= 15 is 0 Å². The molecule has 2 aliphatic carbocycles. The molecule has 2 saturated carbocycles. The number of carbonyl (C=O) groups excluding carboxylic acids is 2. The van der Waals surface area contributed by atoms with Gasteiger partial charge >= 0.3 is 13.0 Å². The van der Waals surface area contributed by atoms with Crippen LogP contribution in [0.1, 0.15) is 96.5 Å². The van der Waals surface area contributed by atoms with E-state index in [1.807, 2.05) is 54.7 Å². The number of nitrogens with zero attached hydrogens (tertiary/aromatic N) is 1. The molecule has 0 N–H and O–H groups in total. The molecule has 2 aliphatic heterocycles. The maximum absolute atomic E-state index is 14.5. The first-order chi connectivity index (χ1) is 20.0. The molecule has 5 nitrogen and oxygen atoms in total. The number of hydrogen-bond donors (Lipinski definition) is 0. The zero-order chi connectivity index (χ0) is 28.7. The molecule has 224 valence electrons. The Labute approximate surface area is 256 Å². The summed E-state index contributed by atoms with van der Waals surface area (Å²) in [5.74, 6) is 3.57. The van der Waals surface area contributed by atoms with Crippen LogP contribution < -0.4 is 0 Å². The van der Waals surface area contributed by atoms with Gasteiger partial charge in [0.15, 0.2) is 0 Å². The Bertz CT molecular complexity index is 1020. The Hall–Kier alpha value is -1.54. The van der Waals surface area contributed by atoms with Crippen molar-refractivity contribution in [3.8, 4) is 0 Å². The number of imide groups is 1. The minimum Gasteiger partial charge on any atom is -0.563 e. The van der Waals surface area contributed by atoms with Crippen molar-refractivity contribution >= 4 is 42.4 Å². The van der Waals surface area contributed by atoms with Crippen LogP contribution in [0.5, 0.6) is 0 Å². The molecule has 0 aromatic heterocycles. The minimum absolute atomic E-state index is 0.0957. The van der Waals surface area contributed by atoms with Gasteiger partial charge in [0.05, 0.1) is 21.8 Å². The molecule has 0 unspecified atom stereocenters. The highest BCUT2D eigenvalue weighted by molar-refractivity contribution is 8.21. The topological polar surface area (TPSA) is 55.8 Å². The number of carbonyl (C=O) groups is 2. The van der Waals surface area contributed by atoms with Gasteiger partial charge in [-0.05, 0) is 50.3 Å². The number of benzene rings is 1. The molecule has 5 rings (SSSR count). The fourth-order valence-corrected chi connectivity index (χ4v) is 10.3. The van der Waals surface area contributed by atoms with Crippen LogP contribution in [-0.2, 0) is 20.6 Å². The quantitative estimate of drug-likeness (QED) is 0.188. The summed E-state index contributed by atoms with van der Waals surface area (Å²) in [5, 5.41) is 0. The minimum atomic E-state index is -0.511. The van der Waals surface area contributed by atoms with E-state index < -0.39 is 12.0 Å². The third kappa shape index (κ3) is 7.90. The van der Waals surface area contributed by atoms with Crippen molar-refractivity contribution in [2.45, 2.75) is 119 Å². The van der Waals surface area contributed by atoms with Gasteiger partial charge in [0.2, 0.25) is 5.91 Å². The first kappa shape index (κ1) is 30.9. The van der Waals surface area contributed by atoms with Gasteiger partial charge < -0.3 is 9.39 Å². The molecule has 2 saturated heterocycles. The second-order valence-electron chi connectivity index (χ2n) is 12.6. The second kappa shape index (κ2) is 14.8. The second-order valence-corrected chi connectivity index (χ2v) is 16.1. The Morgan fingerprint density at radius 1 is 1.05 bits per heavy atom. The number of hydrogen-bond acceptors (Lipinski definition) is 6. The summed E-state index contributed by atoms with van der Waals surface area (Å²) in [6, 6.07) is 9.80. The molecule has 2 amide bonds. The van der Waals surface area contributed by atoms with Gasteiger partial charge in [0, 0.05) is 11.5 Å². The van der Waals surface area contributed by atoms with Gasteiger partial charge in [-0.1, -0.05) is 101 Å². The van der Waals surface area contributed by atoms with E-state index in [-0.39, 0.29) is 29.6 Å². The van der Waals surface area contributed by atoms with Crippen LogP contribution in [0.2, 0.25) is 11.6 Å². The maximum Gasteiger partial charge on any atom is 0.417 e. The lowest BCUT2D eigenvalue weighted by Crippen LogP contribution is -2.45. The third-order valence-electron chi connectivity index (χ3n) is 9.72. The van der Waals surface area contributed by atoms with Crippen LogP contribution in [0.3, 0.4) is 0 Å².